The molecule has 3 atom stereocenters. The largest absolute Gasteiger partial charge is 0.497 e. The number of aliphatic carboxylic acids is 1. The second kappa shape index (κ2) is 14.5. The average molecular weight is 555 g/mol. The van der Waals surface area contributed by atoms with Gasteiger partial charge in [-0.2, -0.15) is 0 Å². The fourth-order valence-corrected chi connectivity index (χ4v) is 6.61. The molecule has 4 rings (SSSR count). The third-order valence-corrected chi connectivity index (χ3v) is 8.90. The van der Waals surface area contributed by atoms with Crippen molar-refractivity contribution in [1.29, 1.82) is 0 Å². The first-order valence-electron chi connectivity index (χ1n) is 13.7. The fraction of sp³-hybridized carbons (Fsp3) is 0.484. The molecule has 0 bridgehead atoms. The molecule has 210 valence electrons. The first-order chi connectivity index (χ1) is 19.0. The van der Waals surface area contributed by atoms with E-state index >= 15 is 4.39 Å². The molecule has 0 saturated carbocycles. The number of alkyl halides is 1. The van der Waals surface area contributed by atoms with E-state index in [0.717, 1.165) is 66.2 Å². The molecule has 1 aliphatic rings. The molecule has 0 spiro atoms. The number of piperidine rings is 1. The number of carboxylic acid groups (broad SMARTS) is 1. The minimum Gasteiger partial charge on any atom is -0.497 e. The Morgan fingerprint density at radius 2 is 2.00 bits per heavy atom. The van der Waals surface area contributed by atoms with Gasteiger partial charge in [-0.1, -0.05) is 12.1 Å². The molecule has 0 amide bonds. The Hall–Kier alpha value is -2.84. The van der Waals surface area contributed by atoms with Gasteiger partial charge in [0.1, 0.15) is 17.7 Å². The molecule has 0 radical (unpaired) electrons. The molecular formula is C31H39FN2O4S. The SMILES string of the molecule is COc1ccc2nccc([C@@H](F)CCC3CCN(CCCSc4ccccc4OC)CC3CCC(=O)O)c2c1. The van der Waals surface area contributed by atoms with Crippen molar-refractivity contribution in [3.63, 3.8) is 0 Å². The van der Waals surface area contributed by atoms with Gasteiger partial charge in [0, 0.05) is 29.4 Å². The first-order valence-corrected chi connectivity index (χ1v) is 14.7. The van der Waals surface area contributed by atoms with E-state index in [4.69, 9.17) is 9.47 Å². The predicted molar refractivity (Wildman–Crippen MR) is 155 cm³/mol. The number of halogens is 1. The Balaban J connectivity index is 1.32. The maximum Gasteiger partial charge on any atom is 0.303 e. The van der Waals surface area contributed by atoms with E-state index in [1.165, 1.54) is 0 Å². The van der Waals surface area contributed by atoms with Gasteiger partial charge in [0.25, 0.3) is 0 Å². The summed E-state index contributed by atoms with van der Waals surface area (Å²) in [6, 6.07) is 15.4. The Bertz CT molecular complexity index is 1230. The Kier molecular flexibility index (Phi) is 10.9. The number of pyridine rings is 1. The smallest absolute Gasteiger partial charge is 0.303 e. The number of methoxy groups -OCH3 is 2. The highest BCUT2D eigenvalue weighted by molar-refractivity contribution is 7.99. The van der Waals surface area contributed by atoms with Crippen LogP contribution in [0.3, 0.4) is 0 Å². The summed E-state index contributed by atoms with van der Waals surface area (Å²) in [6.45, 7) is 2.83. The topological polar surface area (TPSA) is 71.9 Å². The van der Waals surface area contributed by atoms with E-state index in [-0.39, 0.29) is 12.3 Å². The number of rotatable bonds is 14. The van der Waals surface area contributed by atoms with Crippen LogP contribution in [-0.4, -0.2) is 60.6 Å². The van der Waals surface area contributed by atoms with Crippen LogP contribution in [0.5, 0.6) is 11.5 Å². The van der Waals surface area contributed by atoms with E-state index in [1.54, 1.807) is 38.2 Å². The number of likely N-dealkylation sites (tertiary alicyclic amines) is 1. The average Bonchev–Trinajstić information content (AvgIpc) is 2.97. The zero-order chi connectivity index (χ0) is 27.6. The highest BCUT2D eigenvalue weighted by Crippen LogP contribution is 2.37. The number of hydrogen-bond donors (Lipinski definition) is 1. The normalized spacial score (nSPS) is 18.6. The summed E-state index contributed by atoms with van der Waals surface area (Å²) in [5, 5.41) is 10.1. The molecular weight excluding hydrogens is 515 g/mol. The van der Waals surface area contributed by atoms with Gasteiger partial charge in [-0.05, 0) is 105 Å². The van der Waals surface area contributed by atoms with Crippen LogP contribution in [0.4, 0.5) is 4.39 Å². The number of para-hydroxylation sites is 1. The second-order valence-electron chi connectivity index (χ2n) is 10.2. The number of thioether (sulfide) groups is 1. The fourth-order valence-electron chi connectivity index (χ4n) is 5.65. The van der Waals surface area contributed by atoms with E-state index < -0.39 is 12.1 Å². The van der Waals surface area contributed by atoms with Gasteiger partial charge in [-0.15, -0.1) is 11.8 Å². The van der Waals surface area contributed by atoms with Crippen molar-refractivity contribution in [3.8, 4) is 11.5 Å². The standard InChI is InChI=1S/C31H39FN2O4S/c1-37-24-10-12-28-26(20-24)25(14-16-33-28)27(32)11-8-22-15-18-34(21-23(22)9-13-31(35)36)17-5-19-39-30-7-4-3-6-29(30)38-2/h3-4,6-7,10,12,14,16,20,22-23,27H,5,8-9,11,13,15,17-19,21H2,1-2H3,(H,35,36)/t22?,23?,27-/m0/s1. The summed E-state index contributed by atoms with van der Waals surface area (Å²) in [4.78, 5) is 19.3. The van der Waals surface area contributed by atoms with Crippen molar-refractivity contribution in [2.24, 2.45) is 11.8 Å². The highest BCUT2D eigenvalue weighted by atomic mass is 32.2. The third-order valence-electron chi connectivity index (χ3n) is 7.76. The summed E-state index contributed by atoms with van der Waals surface area (Å²) in [6.07, 6.45) is 4.54. The van der Waals surface area contributed by atoms with Gasteiger partial charge >= 0.3 is 5.97 Å². The van der Waals surface area contributed by atoms with Gasteiger partial charge in [-0.3, -0.25) is 9.78 Å². The van der Waals surface area contributed by atoms with Gasteiger partial charge in [0.05, 0.1) is 19.7 Å². The van der Waals surface area contributed by atoms with Crippen LogP contribution in [0.2, 0.25) is 0 Å². The lowest BCUT2D eigenvalue weighted by molar-refractivity contribution is -0.137. The molecule has 6 nitrogen and oxygen atoms in total. The number of carboxylic acids is 1. The maximum atomic E-state index is 15.6. The van der Waals surface area contributed by atoms with E-state index in [9.17, 15) is 9.90 Å². The molecule has 2 unspecified atom stereocenters. The van der Waals surface area contributed by atoms with Gasteiger partial charge < -0.3 is 19.5 Å². The number of benzene rings is 2. The quantitative estimate of drug-likeness (QED) is 0.169. The monoisotopic (exact) mass is 554 g/mol. The third kappa shape index (κ3) is 8.08. The first kappa shape index (κ1) is 29.2. The van der Waals surface area contributed by atoms with Crippen LogP contribution >= 0.6 is 11.8 Å². The zero-order valence-electron chi connectivity index (χ0n) is 22.9. The second-order valence-corrected chi connectivity index (χ2v) is 11.4. The van der Waals surface area contributed by atoms with Gasteiger partial charge in [-0.25, -0.2) is 4.39 Å². The van der Waals surface area contributed by atoms with Crippen molar-refractivity contribution in [1.82, 2.24) is 9.88 Å². The molecule has 1 fully saturated rings. The minimum absolute atomic E-state index is 0.159. The van der Waals surface area contributed by atoms with Crippen molar-refractivity contribution in [3.05, 3.63) is 60.3 Å². The number of hydrogen-bond acceptors (Lipinski definition) is 6. The Morgan fingerprint density at radius 3 is 2.79 bits per heavy atom. The van der Waals surface area contributed by atoms with Crippen LogP contribution in [0, 0.1) is 11.8 Å². The van der Waals surface area contributed by atoms with E-state index in [0.29, 0.717) is 30.1 Å². The summed E-state index contributed by atoms with van der Waals surface area (Å²) in [5.74, 6) is 2.41. The van der Waals surface area contributed by atoms with Crippen molar-refractivity contribution in [2.45, 2.75) is 49.6 Å². The van der Waals surface area contributed by atoms with Gasteiger partial charge in [0.2, 0.25) is 0 Å². The van der Waals surface area contributed by atoms with Crippen LogP contribution in [0.15, 0.2) is 59.6 Å². The lowest BCUT2D eigenvalue weighted by Crippen LogP contribution is -2.41. The van der Waals surface area contributed by atoms with Crippen molar-refractivity contribution >= 4 is 28.6 Å². The number of nitrogens with zero attached hydrogens (tertiary/aromatic N) is 2. The zero-order valence-corrected chi connectivity index (χ0v) is 23.7. The molecule has 1 saturated heterocycles. The minimum atomic E-state index is -1.10. The number of carbonyl (C=O) groups is 1. The van der Waals surface area contributed by atoms with Crippen LogP contribution in [-0.2, 0) is 4.79 Å². The highest BCUT2D eigenvalue weighted by Gasteiger charge is 2.30. The summed E-state index contributed by atoms with van der Waals surface area (Å²) in [7, 11) is 3.30. The molecule has 1 N–H and O–H groups in total. The molecule has 2 aromatic carbocycles. The van der Waals surface area contributed by atoms with E-state index in [1.807, 2.05) is 36.4 Å². The van der Waals surface area contributed by atoms with Crippen LogP contribution in [0.1, 0.15) is 50.3 Å². The summed E-state index contributed by atoms with van der Waals surface area (Å²) < 4.78 is 26.4. The number of fused-ring (bicyclic) bond motifs is 1. The molecule has 1 aromatic heterocycles. The van der Waals surface area contributed by atoms with Crippen molar-refractivity contribution in [2.75, 3.05) is 39.6 Å². The molecule has 39 heavy (non-hydrogen) atoms. The van der Waals surface area contributed by atoms with Crippen LogP contribution in [0.25, 0.3) is 10.9 Å². The van der Waals surface area contributed by atoms with Gasteiger partial charge in [0.15, 0.2) is 0 Å². The summed E-state index contributed by atoms with van der Waals surface area (Å²) >= 11 is 1.80. The molecule has 3 aromatic rings. The number of ether oxygens (including phenoxy) is 2. The van der Waals surface area contributed by atoms with E-state index in [2.05, 4.69) is 16.0 Å². The van der Waals surface area contributed by atoms with Crippen molar-refractivity contribution < 1.29 is 23.8 Å². The molecule has 1 aliphatic heterocycles. The molecule has 2 heterocycles. The summed E-state index contributed by atoms with van der Waals surface area (Å²) in [5.41, 5.74) is 1.40. The maximum absolute atomic E-state index is 15.6. The Labute approximate surface area is 234 Å². The lowest BCUT2D eigenvalue weighted by atomic mass is 9.79. The molecule has 8 heteroatoms. The number of aromatic nitrogens is 1. The predicted octanol–water partition coefficient (Wildman–Crippen LogP) is 7.03. The molecule has 0 aliphatic carbocycles. The lowest BCUT2D eigenvalue weighted by Gasteiger charge is -2.39. The van der Waals surface area contributed by atoms with Crippen LogP contribution < -0.4 is 9.47 Å². The Morgan fingerprint density at radius 1 is 1.15 bits per heavy atom.